The Morgan fingerprint density at radius 1 is 1.33 bits per heavy atom. The van der Waals surface area contributed by atoms with Gasteiger partial charge in [0.2, 0.25) is 0 Å². The summed E-state index contributed by atoms with van der Waals surface area (Å²) >= 11 is 0. The van der Waals surface area contributed by atoms with Crippen molar-refractivity contribution in [1.82, 2.24) is 10.2 Å². The van der Waals surface area contributed by atoms with Gasteiger partial charge in [-0.25, -0.2) is 0 Å². The Morgan fingerprint density at radius 2 is 2.13 bits per heavy atom. The number of H-pyrrole nitrogens is 1. The summed E-state index contributed by atoms with van der Waals surface area (Å²) in [6.45, 7) is 1.43. The summed E-state index contributed by atoms with van der Waals surface area (Å²) in [5.74, 6) is 0.254. The first-order valence-electron chi connectivity index (χ1n) is 5.47. The number of ketones is 1. The number of aromatic amines is 1. The van der Waals surface area contributed by atoms with Gasteiger partial charge < -0.3 is 4.74 Å². The van der Waals surface area contributed by atoms with E-state index in [1.54, 1.807) is 6.20 Å². The third-order valence-electron chi connectivity index (χ3n) is 3.75. The largest absolute Gasteiger partial charge is 0.381 e. The number of nitrogens with one attached hydrogen (secondary N) is 1. The van der Waals surface area contributed by atoms with E-state index in [4.69, 9.17) is 4.74 Å². The lowest BCUT2D eigenvalue weighted by Crippen LogP contribution is -2.40. The Balaban J connectivity index is 1.98. The van der Waals surface area contributed by atoms with E-state index in [1.165, 1.54) is 0 Å². The maximum atomic E-state index is 12.3. The van der Waals surface area contributed by atoms with E-state index >= 15 is 0 Å². The Labute approximate surface area is 88.0 Å². The van der Waals surface area contributed by atoms with E-state index in [2.05, 4.69) is 10.2 Å². The highest BCUT2D eigenvalue weighted by Crippen LogP contribution is 2.42. The summed E-state index contributed by atoms with van der Waals surface area (Å²) in [7, 11) is 0. The first-order chi connectivity index (χ1) is 7.32. The molecule has 0 radical (unpaired) electrons. The number of nitrogens with zero attached hydrogens (tertiary/aromatic N) is 1. The summed E-state index contributed by atoms with van der Waals surface area (Å²) in [5, 5.41) is 6.79. The highest BCUT2D eigenvalue weighted by Gasteiger charge is 2.44. The van der Waals surface area contributed by atoms with Gasteiger partial charge in [0.1, 0.15) is 5.69 Å². The molecule has 4 nitrogen and oxygen atoms in total. The van der Waals surface area contributed by atoms with Crippen molar-refractivity contribution in [3.63, 3.8) is 0 Å². The Hall–Kier alpha value is -1.16. The summed E-state index contributed by atoms with van der Waals surface area (Å²) in [6, 6.07) is 0. The van der Waals surface area contributed by atoms with Gasteiger partial charge in [0.15, 0.2) is 5.78 Å². The average molecular weight is 206 g/mol. The molecular formula is C11H14N2O2. The predicted octanol–water partition coefficient (Wildman–Crippen LogP) is 1.34. The molecule has 1 fully saturated rings. The van der Waals surface area contributed by atoms with Crippen LogP contribution in [-0.2, 0) is 11.2 Å². The minimum absolute atomic E-state index is 0.155. The lowest BCUT2D eigenvalue weighted by molar-refractivity contribution is 0.0114. The molecule has 3 rings (SSSR count). The van der Waals surface area contributed by atoms with Crippen molar-refractivity contribution < 1.29 is 9.53 Å². The van der Waals surface area contributed by atoms with Crippen LogP contribution in [0.5, 0.6) is 0 Å². The molecule has 1 aliphatic heterocycles. The zero-order valence-corrected chi connectivity index (χ0v) is 8.58. The Kier molecular flexibility index (Phi) is 1.92. The maximum absolute atomic E-state index is 12.3. The normalized spacial score (nSPS) is 24.1. The van der Waals surface area contributed by atoms with Crippen molar-refractivity contribution in [2.75, 3.05) is 13.2 Å². The molecule has 1 aromatic rings. The van der Waals surface area contributed by atoms with Gasteiger partial charge >= 0.3 is 0 Å². The number of aromatic nitrogens is 2. The monoisotopic (exact) mass is 206 g/mol. The topological polar surface area (TPSA) is 55.0 Å². The second-order valence-corrected chi connectivity index (χ2v) is 4.49. The molecule has 1 spiro atoms. The third kappa shape index (κ3) is 1.24. The van der Waals surface area contributed by atoms with Crippen LogP contribution >= 0.6 is 0 Å². The molecule has 0 amide bonds. The quantitative estimate of drug-likeness (QED) is 0.696. The number of hydrogen-bond donors (Lipinski definition) is 1. The fourth-order valence-electron chi connectivity index (χ4n) is 2.69. The molecule has 80 valence electrons. The number of ether oxygens (including phenoxy) is 1. The van der Waals surface area contributed by atoms with Crippen LogP contribution in [0.25, 0.3) is 0 Å². The van der Waals surface area contributed by atoms with Gasteiger partial charge in [-0.1, -0.05) is 0 Å². The van der Waals surface area contributed by atoms with Crippen LogP contribution in [-0.4, -0.2) is 29.2 Å². The number of carbonyl (C=O) groups is 1. The predicted molar refractivity (Wildman–Crippen MR) is 53.7 cm³/mol. The van der Waals surface area contributed by atoms with Gasteiger partial charge in [0, 0.05) is 24.2 Å². The molecule has 4 heteroatoms. The summed E-state index contributed by atoms with van der Waals surface area (Å²) in [4.78, 5) is 12.3. The van der Waals surface area contributed by atoms with Gasteiger partial charge in [0.05, 0.1) is 6.20 Å². The van der Waals surface area contributed by atoms with Crippen molar-refractivity contribution in [3.05, 3.63) is 17.5 Å². The van der Waals surface area contributed by atoms with E-state index in [0.29, 0.717) is 0 Å². The van der Waals surface area contributed by atoms with Crippen LogP contribution < -0.4 is 0 Å². The SMILES string of the molecule is O=C1c2[nH]ncc2CCC12CCOCC2. The highest BCUT2D eigenvalue weighted by molar-refractivity contribution is 6.01. The lowest BCUT2D eigenvalue weighted by atomic mass is 9.68. The van der Waals surface area contributed by atoms with E-state index in [-0.39, 0.29) is 11.2 Å². The van der Waals surface area contributed by atoms with Crippen molar-refractivity contribution >= 4 is 5.78 Å². The van der Waals surface area contributed by atoms with Gasteiger partial charge in [0.25, 0.3) is 0 Å². The van der Waals surface area contributed by atoms with E-state index in [0.717, 1.165) is 50.2 Å². The number of carbonyl (C=O) groups excluding carboxylic acids is 1. The summed E-state index contributed by atoms with van der Waals surface area (Å²) < 4.78 is 5.34. The molecular weight excluding hydrogens is 192 g/mol. The zero-order chi connectivity index (χ0) is 10.3. The average Bonchev–Trinajstić information content (AvgIpc) is 2.74. The number of fused-ring (bicyclic) bond motifs is 1. The molecule has 15 heavy (non-hydrogen) atoms. The first-order valence-corrected chi connectivity index (χ1v) is 5.47. The smallest absolute Gasteiger partial charge is 0.187 e. The van der Waals surface area contributed by atoms with Crippen molar-refractivity contribution in [3.8, 4) is 0 Å². The van der Waals surface area contributed by atoms with Gasteiger partial charge in [-0.2, -0.15) is 5.10 Å². The van der Waals surface area contributed by atoms with Gasteiger partial charge in [-0.3, -0.25) is 9.89 Å². The van der Waals surface area contributed by atoms with E-state index in [9.17, 15) is 4.79 Å². The molecule has 0 bridgehead atoms. The second-order valence-electron chi connectivity index (χ2n) is 4.49. The minimum atomic E-state index is -0.155. The van der Waals surface area contributed by atoms with Crippen molar-refractivity contribution in [2.45, 2.75) is 25.7 Å². The molecule has 1 saturated heterocycles. The maximum Gasteiger partial charge on any atom is 0.187 e. The molecule has 0 atom stereocenters. The van der Waals surface area contributed by atoms with Crippen LogP contribution in [0.3, 0.4) is 0 Å². The van der Waals surface area contributed by atoms with Crippen molar-refractivity contribution in [2.24, 2.45) is 5.41 Å². The molecule has 1 N–H and O–H groups in total. The molecule has 0 unspecified atom stereocenters. The number of aryl methyl sites for hydroxylation is 1. The number of Topliss-reactive ketones (excluding diaryl/α,β-unsaturated/α-hetero) is 1. The second kappa shape index (κ2) is 3.17. The first kappa shape index (κ1) is 9.09. The van der Waals surface area contributed by atoms with E-state index in [1.807, 2.05) is 0 Å². The van der Waals surface area contributed by atoms with Gasteiger partial charge in [-0.15, -0.1) is 0 Å². The molecule has 0 aromatic carbocycles. The van der Waals surface area contributed by atoms with Crippen LogP contribution in [0.15, 0.2) is 6.20 Å². The summed E-state index contributed by atoms with van der Waals surface area (Å²) in [5.41, 5.74) is 1.66. The molecule has 2 heterocycles. The molecule has 1 aromatic heterocycles. The van der Waals surface area contributed by atoms with Crippen molar-refractivity contribution in [1.29, 1.82) is 0 Å². The zero-order valence-electron chi connectivity index (χ0n) is 8.58. The Morgan fingerprint density at radius 3 is 2.93 bits per heavy atom. The standard InChI is InChI=1S/C11H14N2O2/c14-10-9-8(7-12-13-9)1-2-11(10)3-5-15-6-4-11/h7H,1-6H2,(H,12,13). The summed E-state index contributed by atoms with van der Waals surface area (Å²) in [6.07, 6.45) is 5.44. The van der Waals surface area contributed by atoms with Crippen LogP contribution in [0.1, 0.15) is 35.3 Å². The van der Waals surface area contributed by atoms with Gasteiger partial charge in [-0.05, 0) is 25.7 Å². The van der Waals surface area contributed by atoms with Crippen LogP contribution in [0.2, 0.25) is 0 Å². The van der Waals surface area contributed by atoms with E-state index < -0.39 is 0 Å². The lowest BCUT2D eigenvalue weighted by Gasteiger charge is -2.38. The molecule has 2 aliphatic rings. The number of hydrogen-bond acceptors (Lipinski definition) is 3. The van der Waals surface area contributed by atoms with Crippen LogP contribution in [0, 0.1) is 5.41 Å². The molecule has 0 saturated carbocycles. The third-order valence-corrected chi connectivity index (χ3v) is 3.75. The number of rotatable bonds is 0. The fraction of sp³-hybridized carbons (Fsp3) is 0.636. The molecule has 1 aliphatic carbocycles. The Bertz CT molecular complexity index is 391. The fourth-order valence-corrected chi connectivity index (χ4v) is 2.69. The van der Waals surface area contributed by atoms with Crippen LogP contribution in [0.4, 0.5) is 0 Å². The minimum Gasteiger partial charge on any atom is -0.381 e. The highest BCUT2D eigenvalue weighted by atomic mass is 16.5.